The van der Waals surface area contributed by atoms with Gasteiger partial charge in [0.05, 0.1) is 12.2 Å². The zero-order valence-electron chi connectivity index (χ0n) is 8.61. The Morgan fingerprint density at radius 3 is 2.81 bits per heavy atom. The SMILES string of the molecule is ClCCc1cn(Cc2ccccc2Cl)nn1. The van der Waals surface area contributed by atoms with Crippen LogP contribution in [0.1, 0.15) is 11.3 Å². The van der Waals surface area contributed by atoms with Crippen LogP contribution in [0.5, 0.6) is 0 Å². The first-order valence-corrected chi connectivity index (χ1v) is 5.89. The highest BCUT2D eigenvalue weighted by Gasteiger charge is 2.03. The van der Waals surface area contributed by atoms with Crippen molar-refractivity contribution in [3.8, 4) is 0 Å². The highest BCUT2D eigenvalue weighted by molar-refractivity contribution is 6.31. The van der Waals surface area contributed by atoms with Crippen LogP contribution in [0.3, 0.4) is 0 Å². The van der Waals surface area contributed by atoms with Gasteiger partial charge in [-0.15, -0.1) is 16.7 Å². The molecular weight excluding hydrogens is 245 g/mol. The highest BCUT2D eigenvalue weighted by Crippen LogP contribution is 2.15. The molecule has 0 N–H and O–H groups in total. The predicted octanol–water partition coefficient (Wildman–Crippen LogP) is 2.76. The summed E-state index contributed by atoms with van der Waals surface area (Å²) in [6.07, 6.45) is 2.63. The van der Waals surface area contributed by atoms with Gasteiger partial charge in [-0.3, -0.25) is 0 Å². The lowest BCUT2D eigenvalue weighted by molar-refractivity contribution is 0.649. The summed E-state index contributed by atoms with van der Waals surface area (Å²) in [6, 6.07) is 7.71. The van der Waals surface area contributed by atoms with Crippen LogP contribution in [0.25, 0.3) is 0 Å². The topological polar surface area (TPSA) is 30.7 Å². The Kier molecular flexibility index (Phi) is 3.80. The molecule has 0 amide bonds. The van der Waals surface area contributed by atoms with Crippen LogP contribution < -0.4 is 0 Å². The zero-order chi connectivity index (χ0) is 11.4. The molecular formula is C11H11Cl2N3. The van der Waals surface area contributed by atoms with Crippen molar-refractivity contribution in [2.75, 3.05) is 5.88 Å². The van der Waals surface area contributed by atoms with E-state index in [1.807, 2.05) is 30.5 Å². The third-order valence-electron chi connectivity index (χ3n) is 2.23. The Balaban J connectivity index is 2.11. The number of aryl methyl sites for hydroxylation is 1. The van der Waals surface area contributed by atoms with Crippen molar-refractivity contribution in [1.82, 2.24) is 15.0 Å². The molecule has 0 atom stereocenters. The van der Waals surface area contributed by atoms with Crippen LogP contribution in [0.15, 0.2) is 30.5 Å². The van der Waals surface area contributed by atoms with Gasteiger partial charge in [0, 0.05) is 23.5 Å². The lowest BCUT2D eigenvalue weighted by atomic mass is 10.2. The first-order valence-electron chi connectivity index (χ1n) is 4.98. The van der Waals surface area contributed by atoms with E-state index in [4.69, 9.17) is 23.2 Å². The van der Waals surface area contributed by atoms with E-state index in [0.717, 1.165) is 22.7 Å². The van der Waals surface area contributed by atoms with Gasteiger partial charge in [0.15, 0.2) is 0 Å². The van der Waals surface area contributed by atoms with Crippen molar-refractivity contribution in [3.05, 3.63) is 46.7 Å². The molecule has 1 aromatic heterocycles. The number of hydrogen-bond donors (Lipinski definition) is 0. The normalized spacial score (nSPS) is 10.6. The quantitative estimate of drug-likeness (QED) is 0.787. The molecule has 0 unspecified atom stereocenters. The Hall–Kier alpha value is -1.06. The minimum Gasteiger partial charge on any atom is -0.248 e. The molecule has 1 heterocycles. The van der Waals surface area contributed by atoms with E-state index in [0.29, 0.717) is 12.4 Å². The van der Waals surface area contributed by atoms with Gasteiger partial charge in [-0.1, -0.05) is 35.0 Å². The van der Waals surface area contributed by atoms with Crippen LogP contribution in [-0.2, 0) is 13.0 Å². The van der Waals surface area contributed by atoms with Gasteiger partial charge in [0.25, 0.3) is 0 Å². The minimum atomic E-state index is 0.560. The number of alkyl halides is 1. The molecule has 84 valence electrons. The van der Waals surface area contributed by atoms with Crippen molar-refractivity contribution in [2.24, 2.45) is 0 Å². The van der Waals surface area contributed by atoms with Gasteiger partial charge in [0.1, 0.15) is 0 Å². The van der Waals surface area contributed by atoms with Crippen LogP contribution in [0.2, 0.25) is 5.02 Å². The number of hydrogen-bond acceptors (Lipinski definition) is 2. The molecule has 2 aromatic rings. The fourth-order valence-electron chi connectivity index (χ4n) is 1.43. The van der Waals surface area contributed by atoms with Crippen molar-refractivity contribution < 1.29 is 0 Å². The number of aromatic nitrogens is 3. The van der Waals surface area contributed by atoms with Crippen LogP contribution >= 0.6 is 23.2 Å². The second-order valence-electron chi connectivity index (χ2n) is 3.44. The maximum Gasteiger partial charge on any atom is 0.0839 e. The number of rotatable bonds is 4. The molecule has 16 heavy (non-hydrogen) atoms. The lowest BCUT2D eigenvalue weighted by Gasteiger charge is -2.02. The Morgan fingerprint density at radius 1 is 1.25 bits per heavy atom. The van der Waals surface area contributed by atoms with E-state index in [-0.39, 0.29) is 0 Å². The zero-order valence-corrected chi connectivity index (χ0v) is 10.1. The predicted molar refractivity (Wildman–Crippen MR) is 65.0 cm³/mol. The fraction of sp³-hybridized carbons (Fsp3) is 0.273. The molecule has 0 aliphatic carbocycles. The van der Waals surface area contributed by atoms with Crippen LogP contribution in [0, 0.1) is 0 Å². The molecule has 0 saturated carbocycles. The number of nitrogens with zero attached hydrogens (tertiary/aromatic N) is 3. The van der Waals surface area contributed by atoms with Crippen LogP contribution in [-0.4, -0.2) is 20.9 Å². The average molecular weight is 256 g/mol. The third kappa shape index (κ3) is 2.74. The molecule has 3 nitrogen and oxygen atoms in total. The monoisotopic (exact) mass is 255 g/mol. The largest absolute Gasteiger partial charge is 0.248 e. The molecule has 0 saturated heterocycles. The van der Waals surface area contributed by atoms with E-state index in [2.05, 4.69) is 10.3 Å². The Morgan fingerprint density at radius 2 is 2.06 bits per heavy atom. The molecule has 2 rings (SSSR count). The minimum absolute atomic E-state index is 0.560. The number of benzene rings is 1. The molecule has 0 aliphatic heterocycles. The molecule has 1 aromatic carbocycles. The molecule has 0 spiro atoms. The highest BCUT2D eigenvalue weighted by atomic mass is 35.5. The average Bonchev–Trinajstić information content (AvgIpc) is 2.70. The summed E-state index contributed by atoms with van der Waals surface area (Å²) in [5, 5.41) is 8.78. The molecule has 0 fully saturated rings. The number of halogens is 2. The standard InChI is InChI=1S/C11H11Cl2N3/c12-6-5-10-8-16(15-14-10)7-9-3-1-2-4-11(9)13/h1-4,8H,5-7H2. The maximum atomic E-state index is 6.06. The molecule has 0 aliphatic rings. The van der Waals surface area contributed by atoms with Crippen molar-refractivity contribution in [3.63, 3.8) is 0 Å². The summed E-state index contributed by atoms with van der Waals surface area (Å²) >= 11 is 11.7. The second kappa shape index (κ2) is 5.32. The van der Waals surface area contributed by atoms with Gasteiger partial charge < -0.3 is 0 Å². The van der Waals surface area contributed by atoms with Crippen molar-refractivity contribution in [2.45, 2.75) is 13.0 Å². The van der Waals surface area contributed by atoms with Crippen LogP contribution in [0.4, 0.5) is 0 Å². The second-order valence-corrected chi connectivity index (χ2v) is 4.22. The first-order chi connectivity index (χ1) is 7.79. The first kappa shape index (κ1) is 11.4. The Bertz CT molecular complexity index is 468. The third-order valence-corrected chi connectivity index (χ3v) is 2.78. The van der Waals surface area contributed by atoms with E-state index in [1.54, 1.807) is 4.68 Å². The van der Waals surface area contributed by atoms with E-state index >= 15 is 0 Å². The summed E-state index contributed by atoms with van der Waals surface area (Å²) in [5.74, 6) is 0.560. The molecule has 5 heteroatoms. The summed E-state index contributed by atoms with van der Waals surface area (Å²) in [4.78, 5) is 0. The Labute approximate surface area is 104 Å². The summed E-state index contributed by atoms with van der Waals surface area (Å²) in [6.45, 7) is 0.634. The van der Waals surface area contributed by atoms with E-state index < -0.39 is 0 Å². The van der Waals surface area contributed by atoms with Gasteiger partial charge in [0.2, 0.25) is 0 Å². The van der Waals surface area contributed by atoms with Gasteiger partial charge in [-0.05, 0) is 11.6 Å². The van der Waals surface area contributed by atoms with Gasteiger partial charge in [-0.25, -0.2) is 4.68 Å². The molecule has 0 radical (unpaired) electrons. The lowest BCUT2D eigenvalue weighted by Crippen LogP contribution is -2.00. The van der Waals surface area contributed by atoms with Crippen molar-refractivity contribution >= 4 is 23.2 Å². The van der Waals surface area contributed by atoms with E-state index in [1.165, 1.54) is 0 Å². The van der Waals surface area contributed by atoms with Gasteiger partial charge >= 0.3 is 0 Å². The van der Waals surface area contributed by atoms with Gasteiger partial charge in [-0.2, -0.15) is 0 Å². The summed E-state index contributed by atoms with van der Waals surface area (Å²) in [7, 11) is 0. The van der Waals surface area contributed by atoms with Crippen molar-refractivity contribution in [1.29, 1.82) is 0 Å². The maximum absolute atomic E-state index is 6.06. The fourth-order valence-corrected chi connectivity index (χ4v) is 1.82. The summed E-state index contributed by atoms with van der Waals surface area (Å²) < 4.78 is 1.77. The molecule has 0 bridgehead atoms. The smallest absolute Gasteiger partial charge is 0.0839 e. The summed E-state index contributed by atoms with van der Waals surface area (Å²) in [5.41, 5.74) is 1.94. The van der Waals surface area contributed by atoms with E-state index in [9.17, 15) is 0 Å².